The smallest absolute Gasteiger partial charge is 0.258 e. The summed E-state index contributed by atoms with van der Waals surface area (Å²) in [5, 5.41) is 10.7. The number of hydrogen-bond donors (Lipinski definition) is 1. The SMILES string of the molecule is CCCCCCNS(=O)(=O)c1ccc(Cl)c([N+](=O)[O-])c1. The fraction of sp³-hybridized carbons (Fsp3) is 0.500. The first-order valence-electron chi connectivity index (χ1n) is 6.32. The van der Waals surface area contributed by atoms with Gasteiger partial charge in [-0.15, -0.1) is 0 Å². The van der Waals surface area contributed by atoms with E-state index in [-0.39, 0.29) is 9.92 Å². The number of nitrogens with one attached hydrogen (secondary N) is 1. The van der Waals surface area contributed by atoms with E-state index in [2.05, 4.69) is 11.6 Å². The summed E-state index contributed by atoms with van der Waals surface area (Å²) < 4.78 is 26.4. The van der Waals surface area contributed by atoms with Gasteiger partial charge in [0.15, 0.2) is 0 Å². The van der Waals surface area contributed by atoms with Gasteiger partial charge in [-0.25, -0.2) is 13.1 Å². The molecule has 112 valence electrons. The van der Waals surface area contributed by atoms with Crippen LogP contribution in [0.4, 0.5) is 5.69 Å². The highest BCUT2D eigenvalue weighted by atomic mass is 35.5. The first kappa shape index (κ1) is 16.9. The first-order valence-corrected chi connectivity index (χ1v) is 8.18. The lowest BCUT2D eigenvalue weighted by Gasteiger charge is -2.07. The molecule has 0 aliphatic carbocycles. The number of rotatable bonds is 8. The fourth-order valence-electron chi connectivity index (χ4n) is 1.64. The maximum Gasteiger partial charge on any atom is 0.289 e. The number of nitro groups is 1. The number of benzene rings is 1. The maximum atomic E-state index is 12.0. The van der Waals surface area contributed by atoms with Crippen LogP contribution in [0.1, 0.15) is 32.6 Å². The Kier molecular flexibility index (Phi) is 6.38. The van der Waals surface area contributed by atoms with Crippen molar-refractivity contribution in [2.45, 2.75) is 37.5 Å². The molecular weight excluding hydrogens is 304 g/mol. The van der Waals surface area contributed by atoms with Crippen LogP contribution >= 0.6 is 11.6 Å². The number of sulfonamides is 1. The topological polar surface area (TPSA) is 89.3 Å². The van der Waals surface area contributed by atoms with E-state index in [1.54, 1.807) is 0 Å². The molecule has 0 bridgehead atoms. The van der Waals surface area contributed by atoms with Gasteiger partial charge in [0.25, 0.3) is 5.69 Å². The van der Waals surface area contributed by atoms with Gasteiger partial charge in [-0.3, -0.25) is 10.1 Å². The molecule has 0 aliphatic heterocycles. The minimum Gasteiger partial charge on any atom is -0.258 e. The van der Waals surface area contributed by atoms with Gasteiger partial charge in [0.2, 0.25) is 10.0 Å². The average molecular weight is 321 g/mol. The molecule has 0 aliphatic rings. The third-order valence-electron chi connectivity index (χ3n) is 2.75. The van der Waals surface area contributed by atoms with Crippen molar-refractivity contribution in [3.8, 4) is 0 Å². The largest absolute Gasteiger partial charge is 0.289 e. The number of hydrogen-bond acceptors (Lipinski definition) is 4. The second-order valence-corrected chi connectivity index (χ2v) is 6.50. The molecule has 0 spiro atoms. The van der Waals surface area contributed by atoms with Crippen LogP contribution in [0.2, 0.25) is 5.02 Å². The zero-order valence-corrected chi connectivity index (χ0v) is 12.7. The zero-order valence-electron chi connectivity index (χ0n) is 11.1. The van der Waals surface area contributed by atoms with E-state index in [1.807, 2.05) is 0 Å². The fourth-order valence-corrected chi connectivity index (χ4v) is 2.92. The van der Waals surface area contributed by atoms with Gasteiger partial charge < -0.3 is 0 Å². The van der Waals surface area contributed by atoms with Crippen LogP contribution in [0.25, 0.3) is 0 Å². The summed E-state index contributed by atoms with van der Waals surface area (Å²) in [4.78, 5) is 9.88. The van der Waals surface area contributed by atoms with Crippen molar-refractivity contribution in [3.63, 3.8) is 0 Å². The van der Waals surface area contributed by atoms with Crippen molar-refractivity contribution in [3.05, 3.63) is 33.3 Å². The van der Waals surface area contributed by atoms with Crippen LogP contribution < -0.4 is 4.72 Å². The van der Waals surface area contributed by atoms with Crippen LogP contribution in [-0.4, -0.2) is 19.9 Å². The summed E-state index contributed by atoms with van der Waals surface area (Å²) in [5.41, 5.74) is -0.416. The van der Waals surface area contributed by atoms with E-state index in [9.17, 15) is 18.5 Å². The predicted molar refractivity (Wildman–Crippen MR) is 77.4 cm³/mol. The van der Waals surface area contributed by atoms with Crippen molar-refractivity contribution in [2.75, 3.05) is 6.54 Å². The summed E-state index contributed by atoms with van der Waals surface area (Å²) in [6.45, 7) is 2.38. The highest BCUT2D eigenvalue weighted by Gasteiger charge is 2.20. The van der Waals surface area contributed by atoms with Crippen molar-refractivity contribution in [2.24, 2.45) is 0 Å². The van der Waals surface area contributed by atoms with E-state index < -0.39 is 20.6 Å². The van der Waals surface area contributed by atoms with Crippen LogP contribution in [-0.2, 0) is 10.0 Å². The quantitative estimate of drug-likeness (QED) is 0.453. The Labute approximate surface area is 123 Å². The van der Waals surface area contributed by atoms with Crippen molar-refractivity contribution in [1.29, 1.82) is 0 Å². The van der Waals surface area contributed by atoms with E-state index in [1.165, 1.54) is 12.1 Å². The molecule has 0 amide bonds. The van der Waals surface area contributed by atoms with Crippen molar-refractivity contribution >= 4 is 27.3 Å². The van der Waals surface area contributed by atoms with Crippen molar-refractivity contribution in [1.82, 2.24) is 4.72 Å². The molecule has 1 aromatic carbocycles. The Morgan fingerprint density at radius 1 is 1.30 bits per heavy atom. The molecule has 0 saturated heterocycles. The number of nitrogens with zero attached hydrogens (tertiary/aromatic N) is 1. The van der Waals surface area contributed by atoms with E-state index >= 15 is 0 Å². The molecule has 6 nitrogen and oxygen atoms in total. The van der Waals surface area contributed by atoms with Crippen LogP contribution in [0.15, 0.2) is 23.1 Å². The van der Waals surface area contributed by atoms with Gasteiger partial charge in [0.1, 0.15) is 5.02 Å². The molecule has 8 heteroatoms. The number of unbranched alkanes of at least 4 members (excludes halogenated alkanes) is 3. The van der Waals surface area contributed by atoms with E-state index in [0.717, 1.165) is 31.7 Å². The lowest BCUT2D eigenvalue weighted by molar-refractivity contribution is -0.384. The Hall–Kier alpha value is -1.18. The molecule has 0 fully saturated rings. The molecule has 1 N–H and O–H groups in total. The van der Waals surface area contributed by atoms with Gasteiger partial charge in [0, 0.05) is 12.6 Å². The monoisotopic (exact) mass is 320 g/mol. The molecule has 0 atom stereocenters. The highest BCUT2D eigenvalue weighted by molar-refractivity contribution is 7.89. The van der Waals surface area contributed by atoms with Gasteiger partial charge in [-0.2, -0.15) is 0 Å². The van der Waals surface area contributed by atoms with Crippen LogP contribution in [0, 0.1) is 10.1 Å². The minimum atomic E-state index is -3.73. The lowest BCUT2D eigenvalue weighted by Crippen LogP contribution is -2.24. The predicted octanol–water partition coefficient (Wildman–Crippen LogP) is 3.11. The summed E-state index contributed by atoms with van der Waals surface area (Å²) in [5.74, 6) is 0. The maximum absolute atomic E-state index is 12.0. The molecule has 0 saturated carbocycles. The normalized spacial score (nSPS) is 11.5. The lowest BCUT2D eigenvalue weighted by atomic mass is 10.2. The second kappa shape index (κ2) is 7.56. The Morgan fingerprint density at radius 2 is 2.00 bits per heavy atom. The third kappa shape index (κ3) is 4.73. The molecular formula is C12H17ClN2O4S. The van der Waals surface area contributed by atoms with E-state index in [0.29, 0.717) is 6.54 Å². The summed E-state index contributed by atoms with van der Waals surface area (Å²) in [6, 6.07) is 3.44. The summed E-state index contributed by atoms with van der Waals surface area (Å²) in [6.07, 6.45) is 3.80. The molecule has 0 heterocycles. The highest BCUT2D eigenvalue weighted by Crippen LogP contribution is 2.26. The second-order valence-electron chi connectivity index (χ2n) is 4.33. The summed E-state index contributed by atoms with van der Waals surface area (Å²) >= 11 is 5.65. The molecule has 1 rings (SSSR count). The van der Waals surface area contributed by atoms with Crippen molar-refractivity contribution < 1.29 is 13.3 Å². The summed E-state index contributed by atoms with van der Waals surface area (Å²) in [7, 11) is -3.73. The molecule has 0 unspecified atom stereocenters. The van der Waals surface area contributed by atoms with Gasteiger partial charge in [-0.1, -0.05) is 37.8 Å². The first-order chi connectivity index (χ1) is 9.38. The molecule has 1 aromatic rings. The third-order valence-corrected chi connectivity index (χ3v) is 4.53. The standard InChI is InChI=1S/C12H17ClN2O4S/c1-2-3-4-5-8-14-20(18,19)10-6-7-11(13)12(9-10)15(16)17/h6-7,9,14H,2-5,8H2,1H3. The zero-order chi connectivity index (χ0) is 15.2. The van der Waals surface area contributed by atoms with Crippen LogP contribution in [0.3, 0.4) is 0 Å². The minimum absolute atomic E-state index is 0.0862. The van der Waals surface area contributed by atoms with Gasteiger partial charge in [0.05, 0.1) is 9.82 Å². The molecule has 20 heavy (non-hydrogen) atoms. The Morgan fingerprint density at radius 3 is 2.60 bits per heavy atom. The van der Waals surface area contributed by atoms with Gasteiger partial charge in [-0.05, 0) is 18.6 Å². The number of halogens is 1. The average Bonchev–Trinajstić information content (AvgIpc) is 2.38. The van der Waals surface area contributed by atoms with Crippen LogP contribution in [0.5, 0.6) is 0 Å². The Balaban J connectivity index is 2.77. The molecule has 0 radical (unpaired) electrons. The van der Waals surface area contributed by atoms with E-state index in [4.69, 9.17) is 11.6 Å². The van der Waals surface area contributed by atoms with Gasteiger partial charge >= 0.3 is 0 Å². The Bertz CT molecular complexity index is 575. The number of nitro benzene ring substituents is 1. The molecule has 0 aromatic heterocycles.